The van der Waals surface area contributed by atoms with Gasteiger partial charge in [0.15, 0.2) is 4.83 Å². The highest BCUT2D eigenvalue weighted by atomic mass is 32.1. The molecule has 1 unspecified atom stereocenters. The quantitative estimate of drug-likeness (QED) is 0.782. The Morgan fingerprint density at radius 2 is 2.33 bits per heavy atom. The maximum atomic E-state index is 12.8. The molecular weight excluding hydrogens is 330 g/mol. The Bertz CT molecular complexity index is 1000. The Morgan fingerprint density at radius 3 is 3.08 bits per heavy atom. The zero-order valence-corrected chi connectivity index (χ0v) is 13.8. The SMILES string of the molecule is CC1CCc2c(sc3nnn(Cc4ccc(C(=O)O)o4)c(=O)c23)C1. The summed E-state index contributed by atoms with van der Waals surface area (Å²) in [6.45, 7) is 2.28. The van der Waals surface area contributed by atoms with Gasteiger partial charge in [-0.2, -0.15) is 0 Å². The summed E-state index contributed by atoms with van der Waals surface area (Å²) in [4.78, 5) is 25.6. The summed E-state index contributed by atoms with van der Waals surface area (Å²) in [5.74, 6) is -0.315. The van der Waals surface area contributed by atoms with Crippen molar-refractivity contribution < 1.29 is 14.3 Å². The first-order valence-corrected chi connectivity index (χ1v) is 8.54. The minimum absolute atomic E-state index is 0.0656. The molecule has 0 spiro atoms. The molecule has 1 aliphatic rings. The monoisotopic (exact) mass is 345 g/mol. The van der Waals surface area contributed by atoms with E-state index in [1.54, 1.807) is 11.3 Å². The Hall–Kier alpha value is -2.48. The molecule has 1 atom stereocenters. The van der Waals surface area contributed by atoms with E-state index >= 15 is 0 Å². The maximum absolute atomic E-state index is 12.8. The molecule has 0 bridgehead atoms. The normalized spacial score (nSPS) is 17.1. The number of nitrogens with zero attached hydrogens (tertiary/aromatic N) is 3. The molecule has 1 N–H and O–H groups in total. The molecule has 7 nitrogen and oxygen atoms in total. The van der Waals surface area contributed by atoms with Crippen molar-refractivity contribution in [3.05, 3.63) is 44.4 Å². The van der Waals surface area contributed by atoms with Crippen LogP contribution in [0, 0.1) is 5.92 Å². The average Bonchev–Trinajstić information content (AvgIpc) is 3.14. The van der Waals surface area contributed by atoms with Gasteiger partial charge >= 0.3 is 5.97 Å². The second-order valence-electron chi connectivity index (χ2n) is 6.16. The number of furan rings is 1. The van der Waals surface area contributed by atoms with E-state index in [4.69, 9.17) is 9.52 Å². The van der Waals surface area contributed by atoms with Gasteiger partial charge in [0.05, 0.1) is 5.39 Å². The number of carboxylic acid groups (broad SMARTS) is 1. The van der Waals surface area contributed by atoms with Gasteiger partial charge in [-0.05, 0) is 42.9 Å². The summed E-state index contributed by atoms with van der Waals surface area (Å²) in [6.07, 6.45) is 2.94. The van der Waals surface area contributed by atoms with Gasteiger partial charge in [0.2, 0.25) is 5.76 Å². The third-order valence-corrected chi connectivity index (χ3v) is 5.50. The van der Waals surface area contributed by atoms with Crippen molar-refractivity contribution in [3.63, 3.8) is 0 Å². The number of aryl methyl sites for hydroxylation is 1. The molecule has 0 saturated carbocycles. The van der Waals surface area contributed by atoms with E-state index in [0.717, 1.165) is 24.8 Å². The summed E-state index contributed by atoms with van der Waals surface area (Å²) in [7, 11) is 0. The lowest BCUT2D eigenvalue weighted by molar-refractivity contribution is 0.0660. The summed E-state index contributed by atoms with van der Waals surface area (Å²) >= 11 is 1.55. The molecule has 1 aliphatic carbocycles. The molecule has 0 aromatic carbocycles. The lowest BCUT2D eigenvalue weighted by Gasteiger charge is -2.17. The number of fused-ring (bicyclic) bond motifs is 3. The van der Waals surface area contributed by atoms with Crippen molar-refractivity contribution in [3.8, 4) is 0 Å². The topological polar surface area (TPSA) is 98.2 Å². The molecule has 0 amide bonds. The number of carboxylic acids is 1. The molecule has 4 rings (SSSR count). The number of hydrogen-bond acceptors (Lipinski definition) is 6. The number of thiophene rings is 1. The van der Waals surface area contributed by atoms with Crippen LogP contribution in [-0.2, 0) is 19.4 Å². The van der Waals surface area contributed by atoms with Crippen LogP contribution in [-0.4, -0.2) is 26.1 Å². The number of aromatic carboxylic acids is 1. The summed E-state index contributed by atoms with van der Waals surface area (Å²) in [5, 5.41) is 17.7. The van der Waals surface area contributed by atoms with Crippen molar-refractivity contribution in [1.82, 2.24) is 15.0 Å². The summed E-state index contributed by atoms with van der Waals surface area (Å²) in [6, 6.07) is 2.90. The van der Waals surface area contributed by atoms with Crippen LogP contribution in [0.4, 0.5) is 0 Å². The highest BCUT2D eigenvalue weighted by Crippen LogP contribution is 2.35. The average molecular weight is 345 g/mol. The predicted octanol–water partition coefficient (Wildman–Crippen LogP) is 2.32. The molecule has 8 heteroatoms. The fourth-order valence-electron chi connectivity index (χ4n) is 3.12. The Balaban J connectivity index is 1.75. The van der Waals surface area contributed by atoms with E-state index in [1.165, 1.54) is 21.7 Å². The molecule has 0 fully saturated rings. The van der Waals surface area contributed by atoms with Gasteiger partial charge in [-0.15, -0.1) is 16.4 Å². The first-order chi connectivity index (χ1) is 11.5. The van der Waals surface area contributed by atoms with Gasteiger partial charge in [-0.1, -0.05) is 12.1 Å². The molecule has 3 aromatic rings. The zero-order chi connectivity index (χ0) is 16.8. The van der Waals surface area contributed by atoms with Gasteiger partial charge in [0, 0.05) is 4.88 Å². The van der Waals surface area contributed by atoms with E-state index in [9.17, 15) is 9.59 Å². The van der Waals surface area contributed by atoms with Crippen LogP contribution in [0.5, 0.6) is 0 Å². The van der Waals surface area contributed by atoms with Crippen LogP contribution in [0.3, 0.4) is 0 Å². The van der Waals surface area contributed by atoms with Crippen molar-refractivity contribution in [1.29, 1.82) is 0 Å². The van der Waals surface area contributed by atoms with Gasteiger partial charge in [0.1, 0.15) is 12.3 Å². The lowest BCUT2D eigenvalue weighted by atomic mass is 9.89. The highest BCUT2D eigenvalue weighted by molar-refractivity contribution is 7.18. The molecule has 0 aliphatic heterocycles. The van der Waals surface area contributed by atoms with Crippen molar-refractivity contribution in [2.45, 2.75) is 32.7 Å². The van der Waals surface area contributed by atoms with E-state index in [1.807, 2.05) is 0 Å². The number of carbonyl (C=O) groups is 1. The van der Waals surface area contributed by atoms with Crippen LogP contribution in [0.15, 0.2) is 21.3 Å². The maximum Gasteiger partial charge on any atom is 0.371 e. The second-order valence-corrected chi connectivity index (χ2v) is 7.24. The third-order valence-electron chi connectivity index (χ3n) is 4.36. The fraction of sp³-hybridized carbons (Fsp3) is 0.375. The van der Waals surface area contributed by atoms with Crippen molar-refractivity contribution >= 4 is 27.5 Å². The zero-order valence-electron chi connectivity index (χ0n) is 13.0. The molecule has 124 valence electrons. The Morgan fingerprint density at radius 1 is 1.50 bits per heavy atom. The van der Waals surface area contributed by atoms with Gasteiger partial charge in [-0.25, -0.2) is 9.48 Å². The van der Waals surface area contributed by atoms with Crippen LogP contribution in [0.2, 0.25) is 0 Å². The van der Waals surface area contributed by atoms with E-state index in [0.29, 0.717) is 21.9 Å². The Labute approximate surface area is 140 Å². The minimum atomic E-state index is -1.14. The molecule has 3 heterocycles. The predicted molar refractivity (Wildman–Crippen MR) is 87.6 cm³/mol. The van der Waals surface area contributed by atoms with E-state index in [2.05, 4.69) is 17.2 Å². The smallest absolute Gasteiger partial charge is 0.371 e. The van der Waals surface area contributed by atoms with E-state index < -0.39 is 5.97 Å². The van der Waals surface area contributed by atoms with Crippen molar-refractivity contribution in [2.24, 2.45) is 5.92 Å². The largest absolute Gasteiger partial charge is 0.475 e. The van der Waals surface area contributed by atoms with Crippen LogP contribution >= 0.6 is 11.3 Å². The highest BCUT2D eigenvalue weighted by Gasteiger charge is 2.24. The molecular formula is C16H15N3O4S. The molecule has 3 aromatic heterocycles. The molecule has 0 saturated heterocycles. The van der Waals surface area contributed by atoms with E-state index in [-0.39, 0.29) is 17.9 Å². The number of rotatable bonds is 3. The van der Waals surface area contributed by atoms with Crippen LogP contribution < -0.4 is 5.56 Å². The summed E-state index contributed by atoms with van der Waals surface area (Å²) in [5.41, 5.74) is 0.910. The van der Waals surface area contributed by atoms with Crippen molar-refractivity contribution in [2.75, 3.05) is 0 Å². The summed E-state index contributed by atoms with van der Waals surface area (Å²) < 4.78 is 6.43. The number of aromatic nitrogens is 3. The van der Waals surface area contributed by atoms with Crippen LogP contribution in [0.25, 0.3) is 10.2 Å². The molecule has 24 heavy (non-hydrogen) atoms. The number of hydrogen-bond donors (Lipinski definition) is 1. The molecule has 0 radical (unpaired) electrons. The second kappa shape index (κ2) is 5.55. The van der Waals surface area contributed by atoms with Gasteiger partial charge in [-0.3, -0.25) is 4.79 Å². The third kappa shape index (κ3) is 2.43. The lowest BCUT2D eigenvalue weighted by Crippen LogP contribution is -2.25. The first-order valence-electron chi connectivity index (χ1n) is 7.73. The minimum Gasteiger partial charge on any atom is -0.475 e. The standard InChI is InChI=1S/C16H15N3O4S/c1-8-2-4-10-12(6-8)24-14-13(10)15(20)19(18-17-14)7-9-3-5-11(23-9)16(21)22/h3,5,8H,2,4,6-7H2,1H3,(H,21,22). The Kier molecular flexibility index (Phi) is 3.49. The van der Waals surface area contributed by atoms with Gasteiger partial charge in [0.25, 0.3) is 5.56 Å². The van der Waals surface area contributed by atoms with Crippen LogP contribution in [0.1, 0.15) is 40.1 Å². The fourth-order valence-corrected chi connectivity index (χ4v) is 4.44. The van der Waals surface area contributed by atoms with Gasteiger partial charge < -0.3 is 9.52 Å². The first kappa shape index (κ1) is 15.1.